The van der Waals surface area contributed by atoms with E-state index < -0.39 is 0 Å². The summed E-state index contributed by atoms with van der Waals surface area (Å²) in [6, 6.07) is 9.52. The van der Waals surface area contributed by atoms with E-state index in [1.54, 1.807) is 31.6 Å². The van der Waals surface area contributed by atoms with Gasteiger partial charge >= 0.3 is 0 Å². The van der Waals surface area contributed by atoms with Gasteiger partial charge in [-0.3, -0.25) is 0 Å². The Labute approximate surface area is 128 Å². The summed E-state index contributed by atoms with van der Waals surface area (Å²) >= 11 is 0. The molecule has 0 bridgehead atoms. The molecule has 6 nitrogen and oxygen atoms in total. The van der Waals surface area contributed by atoms with Crippen LogP contribution in [-0.2, 0) is 4.74 Å². The number of hydrogen-bond acceptors (Lipinski definition) is 6. The van der Waals surface area contributed by atoms with Crippen LogP contribution >= 0.6 is 0 Å². The van der Waals surface area contributed by atoms with Crippen LogP contribution in [0.3, 0.4) is 0 Å². The Morgan fingerprint density at radius 1 is 1.27 bits per heavy atom. The number of pyridine rings is 2. The fourth-order valence-corrected chi connectivity index (χ4v) is 2.48. The number of rotatable bonds is 4. The number of aromatic nitrogens is 2. The van der Waals surface area contributed by atoms with E-state index in [1.807, 2.05) is 12.1 Å². The van der Waals surface area contributed by atoms with E-state index >= 15 is 0 Å². The van der Waals surface area contributed by atoms with Crippen molar-refractivity contribution in [2.24, 2.45) is 0 Å². The van der Waals surface area contributed by atoms with Gasteiger partial charge in [-0.1, -0.05) is 0 Å². The highest BCUT2D eigenvalue weighted by Crippen LogP contribution is 2.31. The molecule has 1 N–H and O–H groups in total. The fraction of sp³-hybridized carbons (Fsp3) is 0.312. The van der Waals surface area contributed by atoms with Crippen LogP contribution in [-0.4, -0.2) is 29.7 Å². The molecule has 2 atom stereocenters. The summed E-state index contributed by atoms with van der Waals surface area (Å²) in [5.74, 6) is 1.32. The van der Waals surface area contributed by atoms with Gasteiger partial charge in [0.2, 0.25) is 5.88 Å². The van der Waals surface area contributed by atoms with Gasteiger partial charge in [0.05, 0.1) is 18.7 Å². The van der Waals surface area contributed by atoms with E-state index in [0.717, 1.165) is 17.8 Å². The molecule has 0 spiro atoms. The molecule has 0 unspecified atom stereocenters. The molecule has 0 aliphatic carbocycles. The summed E-state index contributed by atoms with van der Waals surface area (Å²) in [6.45, 7) is 0.685. The molecule has 0 aromatic carbocycles. The molecule has 22 heavy (non-hydrogen) atoms. The van der Waals surface area contributed by atoms with Crippen molar-refractivity contribution in [3.8, 4) is 11.9 Å². The Hall–Kier alpha value is -2.65. The summed E-state index contributed by atoms with van der Waals surface area (Å²) in [6.07, 6.45) is 4.15. The van der Waals surface area contributed by atoms with E-state index in [0.29, 0.717) is 18.1 Å². The number of nitrogens with one attached hydrogen (secondary N) is 1. The number of anilines is 1. The van der Waals surface area contributed by atoms with Crippen LogP contribution in [0.2, 0.25) is 0 Å². The molecule has 6 heteroatoms. The zero-order valence-corrected chi connectivity index (χ0v) is 12.2. The van der Waals surface area contributed by atoms with Gasteiger partial charge in [0.15, 0.2) is 0 Å². The summed E-state index contributed by atoms with van der Waals surface area (Å²) in [7, 11) is 1.59. The maximum absolute atomic E-state index is 8.80. The molecular formula is C16H16N4O2. The third-order valence-electron chi connectivity index (χ3n) is 3.61. The van der Waals surface area contributed by atoms with Crippen molar-refractivity contribution in [3.05, 3.63) is 47.8 Å². The molecule has 3 heterocycles. The van der Waals surface area contributed by atoms with Crippen molar-refractivity contribution in [2.75, 3.05) is 19.0 Å². The Bertz CT molecular complexity index is 664. The molecule has 1 aliphatic rings. The van der Waals surface area contributed by atoms with E-state index in [9.17, 15) is 0 Å². The summed E-state index contributed by atoms with van der Waals surface area (Å²) in [4.78, 5) is 8.47. The van der Waals surface area contributed by atoms with E-state index in [2.05, 4.69) is 21.4 Å². The van der Waals surface area contributed by atoms with Crippen molar-refractivity contribution < 1.29 is 9.47 Å². The van der Waals surface area contributed by atoms with Crippen LogP contribution in [0.25, 0.3) is 0 Å². The maximum atomic E-state index is 8.80. The third-order valence-corrected chi connectivity index (χ3v) is 3.61. The standard InChI is InChI=1S/C16H16N4O2/c1-21-15-5-3-12(10-19-15)16-13(6-7-22-16)20-14-4-2-11(8-17)9-18-14/h2-5,9-10,13,16H,6-7H2,1H3,(H,18,20)/t13-,16+/m0/s1. The highest BCUT2D eigenvalue weighted by molar-refractivity contribution is 5.41. The van der Waals surface area contributed by atoms with E-state index in [-0.39, 0.29) is 12.1 Å². The lowest BCUT2D eigenvalue weighted by Crippen LogP contribution is -2.23. The minimum Gasteiger partial charge on any atom is -0.481 e. The van der Waals surface area contributed by atoms with Crippen LogP contribution < -0.4 is 10.1 Å². The first kappa shape index (κ1) is 14.3. The second-order valence-corrected chi connectivity index (χ2v) is 5.01. The number of nitrogens with zero attached hydrogens (tertiary/aromatic N) is 3. The highest BCUT2D eigenvalue weighted by atomic mass is 16.5. The Balaban J connectivity index is 1.73. The third kappa shape index (κ3) is 3.00. The Morgan fingerprint density at radius 2 is 2.18 bits per heavy atom. The van der Waals surface area contributed by atoms with Gasteiger partial charge in [0.1, 0.15) is 18.0 Å². The zero-order valence-electron chi connectivity index (χ0n) is 12.2. The summed E-state index contributed by atoms with van der Waals surface area (Å²) in [5, 5.41) is 12.2. The fourth-order valence-electron chi connectivity index (χ4n) is 2.48. The average Bonchev–Trinajstić information content (AvgIpc) is 3.04. The predicted molar refractivity (Wildman–Crippen MR) is 80.5 cm³/mol. The van der Waals surface area contributed by atoms with Gasteiger partial charge in [0, 0.05) is 30.6 Å². The minimum absolute atomic E-state index is 0.0733. The van der Waals surface area contributed by atoms with Crippen molar-refractivity contribution in [1.29, 1.82) is 5.26 Å². The predicted octanol–water partition coefficient (Wildman–Crippen LogP) is 2.30. The van der Waals surface area contributed by atoms with Crippen molar-refractivity contribution in [2.45, 2.75) is 18.6 Å². The maximum Gasteiger partial charge on any atom is 0.212 e. The monoisotopic (exact) mass is 296 g/mol. The molecule has 0 radical (unpaired) electrons. The Morgan fingerprint density at radius 3 is 2.82 bits per heavy atom. The first-order valence-corrected chi connectivity index (χ1v) is 7.04. The topological polar surface area (TPSA) is 80.1 Å². The van der Waals surface area contributed by atoms with Crippen LogP contribution in [0.1, 0.15) is 23.7 Å². The van der Waals surface area contributed by atoms with Crippen molar-refractivity contribution >= 4 is 5.82 Å². The van der Waals surface area contributed by atoms with Gasteiger partial charge in [-0.2, -0.15) is 5.26 Å². The molecule has 0 amide bonds. The molecule has 1 aliphatic heterocycles. The summed E-state index contributed by atoms with van der Waals surface area (Å²) in [5.41, 5.74) is 1.55. The number of nitriles is 1. The second-order valence-electron chi connectivity index (χ2n) is 5.01. The number of methoxy groups -OCH3 is 1. The first-order chi connectivity index (χ1) is 10.8. The molecule has 1 fully saturated rings. The molecule has 2 aromatic rings. The SMILES string of the molecule is COc1ccc([C@H]2OCC[C@@H]2Nc2ccc(C#N)cn2)cn1. The van der Waals surface area contributed by atoms with Gasteiger partial charge < -0.3 is 14.8 Å². The quantitative estimate of drug-likeness (QED) is 0.932. The van der Waals surface area contributed by atoms with Crippen LogP contribution in [0.4, 0.5) is 5.82 Å². The average molecular weight is 296 g/mol. The van der Waals surface area contributed by atoms with Crippen LogP contribution in [0.15, 0.2) is 36.7 Å². The second kappa shape index (κ2) is 6.41. The smallest absolute Gasteiger partial charge is 0.212 e. The Kier molecular flexibility index (Phi) is 4.17. The normalized spacial score (nSPS) is 20.4. The lowest BCUT2D eigenvalue weighted by Gasteiger charge is -2.20. The number of ether oxygens (including phenoxy) is 2. The molecule has 0 saturated carbocycles. The lowest BCUT2D eigenvalue weighted by molar-refractivity contribution is 0.107. The first-order valence-electron chi connectivity index (χ1n) is 7.04. The molecule has 3 rings (SSSR count). The zero-order chi connectivity index (χ0) is 15.4. The molecular weight excluding hydrogens is 280 g/mol. The van der Waals surface area contributed by atoms with Crippen molar-refractivity contribution in [1.82, 2.24) is 9.97 Å². The van der Waals surface area contributed by atoms with Crippen molar-refractivity contribution in [3.63, 3.8) is 0 Å². The lowest BCUT2D eigenvalue weighted by atomic mass is 10.0. The molecule has 2 aromatic heterocycles. The van der Waals surface area contributed by atoms with Crippen LogP contribution in [0.5, 0.6) is 5.88 Å². The van der Waals surface area contributed by atoms with E-state index in [1.165, 1.54) is 0 Å². The summed E-state index contributed by atoms with van der Waals surface area (Å²) < 4.78 is 10.9. The van der Waals surface area contributed by atoms with Crippen LogP contribution in [0, 0.1) is 11.3 Å². The highest BCUT2D eigenvalue weighted by Gasteiger charge is 2.30. The minimum atomic E-state index is -0.0733. The number of hydrogen-bond donors (Lipinski definition) is 1. The van der Waals surface area contributed by atoms with Gasteiger partial charge in [0.25, 0.3) is 0 Å². The largest absolute Gasteiger partial charge is 0.481 e. The van der Waals surface area contributed by atoms with Gasteiger partial charge in [-0.15, -0.1) is 0 Å². The van der Waals surface area contributed by atoms with Gasteiger partial charge in [-0.25, -0.2) is 9.97 Å². The molecule has 112 valence electrons. The van der Waals surface area contributed by atoms with Gasteiger partial charge in [-0.05, 0) is 24.6 Å². The van der Waals surface area contributed by atoms with E-state index in [4.69, 9.17) is 14.7 Å². The molecule has 1 saturated heterocycles.